The molecule has 2 aromatic rings. The molecule has 0 spiro atoms. The lowest BCUT2D eigenvalue weighted by Crippen LogP contribution is -2.29. The minimum Gasteiger partial charge on any atom is -0.493 e. The first-order chi connectivity index (χ1) is 13.7. The Morgan fingerprint density at radius 1 is 1.07 bits per heavy atom. The zero-order chi connectivity index (χ0) is 21.2. The number of benzene rings is 2. The van der Waals surface area contributed by atoms with E-state index in [1.54, 1.807) is 37.3 Å². The molecule has 0 unspecified atom stereocenters. The minimum absolute atomic E-state index is 0.0820. The Hall–Kier alpha value is -3.02. The molecule has 0 aliphatic carbocycles. The fourth-order valence-electron chi connectivity index (χ4n) is 3.61. The molecular formula is C23H28N2O4. The molecular weight excluding hydrogens is 368 g/mol. The molecule has 6 nitrogen and oxygen atoms in total. The highest BCUT2D eigenvalue weighted by Gasteiger charge is 2.36. The van der Waals surface area contributed by atoms with Gasteiger partial charge in [-0.15, -0.1) is 0 Å². The monoisotopic (exact) mass is 396 g/mol. The van der Waals surface area contributed by atoms with E-state index < -0.39 is 5.92 Å². The number of amides is 2. The van der Waals surface area contributed by atoms with E-state index in [2.05, 4.69) is 26.1 Å². The molecule has 0 saturated carbocycles. The predicted octanol–water partition coefficient (Wildman–Crippen LogP) is 3.99. The number of hydrogen-bond donors (Lipinski definition) is 1. The molecule has 1 atom stereocenters. The van der Waals surface area contributed by atoms with Gasteiger partial charge in [0.25, 0.3) is 0 Å². The first-order valence-electron chi connectivity index (χ1n) is 9.67. The number of para-hydroxylation sites is 1. The summed E-state index contributed by atoms with van der Waals surface area (Å²) in [5, 5.41) is 3.03. The first kappa shape index (κ1) is 20.7. The number of ether oxygens (including phenoxy) is 2. The molecule has 1 N–H and O–H groups in total. The highest BCUT2D eigenvalue weighted by Crippen LogP contribution is 2.35. The van der Waals surface area contributed by atoms with Crippen molar-refractivity contribution in [1.82, 2.24) is 0 Å². The minimum atomic E-state index is -0.413. The van der Waals surface area contributed by atoms with Gasteiger partial charge in [0, 0.05) is 30.4 Å². The van der Waals surface area contributed by atoms with Crippen LogP contribution in [0.1, 0.15) is 32.8 Å². The summed E-state index contributed by atoms with van der Waals surface area (Å²) in [6.45, 7) is 6.65. The van der Waals surface area contributed by atoms with Crippen molar-refractivity contribution in [2.24, 2.45) is 5.92 Å². The molecule has 1 aliphatic heterocycles. The maximum atomic E-state index is 12.9. The van der Waals surface area contributed by atoms with Gasteiger partial charge in [0.2, 0.25) is 11.8 Å². The van der Waals surface area contributed by atoms with Crippen molar-refractivity contribution in [2.75, 3.05) is 31.0 Å². The Morgan fingerprint density at radius 2 is 1.76 bits per heavy atom. The molecule has 6 heteroatoms. The average Bonchev–Trinajstić information content (AvgIpc) is 3.09. The van der Waals surface area contributed by atoms with Crippen molar-refractivity contribution < 1.29 is 19.1 Å². The Balaban J connectivity index is 1.77. The molecule has 1 saturated heterocycles. The second kappa shape index (κ2) is 8.15. The van der Waals surface area contributed by atoms with E-state index in [1.807, 2.05) is 24.3 Å². The molecule has 2 aromatic carbocycles. The summed E-state index contributed by atoms with van der Waals surface area (Å²) in [5.74, 6) is 0.504. The summed E-state index contributed by atoms with van der Waals surface area (Å²) in [4.78, 5) is 27.1. The summed E-state index contributed by atoms with van der Waals surface area (Å²) in [5.41, 5.74) is 2.45. The van der Waals surface area contributed by atoms with Crippen LogP contribution in [-0.4, -0.2) is 32.6 Å². The zero-order valence-electron chi connectivity index (χ0n) is 17.6. The normalized spacial score (nSPS) is 16.7. The SMILES string of the molecule is COc1ccc(N2C[C@H](C(=O)Nc3ccccc3C(C)(C)C)CC2=O)cc1OC. The Morgan fingerprint density at radius 3 is 2.41 bits per heavy atom. The predicted molar refractivity (Wildman–Crippen MR) is 114 cm³/mol. The van der Waals surface area contributed by atoms with Crippen molar-refractivity contribution in [3.63, 3.8) is 0 Å². The zero-order valence-corrected chi connectivity index (χ0v) is 17.6. The van der Waals surface area contributed by atoms with Crippen molar-refractivity contribution in [1.29, 1.82) is 0 Å². The van der Waals surface area contributed by atoms with Crippen LogP contribution in [0, 0.1) is 5.92 Å². The second-order valence-electron chi connectivity index (χ2n) is 8.23. The van der Waals surface area contributed by atoms with Gasteiger partial charge in [0.1, 0.15) is 0 Å². The number of nitrogens with zero attached hydrogens (tertiary/aromatic N) is 1. The van der Waals surface area contributed by atoms with Crippen molar-refractivity contribution >= 4 is 23.2 Å². The molecule has 0 bridgehead atoms. The second-order valence-corrected chi connectivity index (χ2v) is 8.23. The third-order valence-electron chi connectivity index (χ3n) is 5.17. The first-order valence-corrected chi connectivity index (χ1v) is 9.67. The van der Waals surface area contributed by atoms with Crippen LogP contribution in [-0.2, 0) is 15.0 Å². The third-order valence-corrected chi connectivity index (χ3v) is 5.17. The lowest BCUT2D eigenvalue weighted by molar-refractivity contribution is -0.122. The van der Waals surface area contributed by atoms with Crippen LogP contribution in [0.2, 0.25) is 0 Å². The number of hydrogen-bond acceptors (Lipinski definition) is 4. The summed E-state index contributed by atoms with van der Waals surface area (Å²) in [7, 11) is 3.12. The van der Waals surface area contributed by atoms with Gasteiger partial charge in [-0.3, -0.25) is 9.59 Å². The van der Waals surface area contributed by atoms with E-state index in [1.165, 1.54) is 0 Å². The van der Waals surface area contributed by atoms with E-state index in [9.17, 15) is 9.59 Å². The van der Waals surface area contributed by atoms with Crippen molar-refractivity contribution in [2.45, 2.75) is 32.6 Å². The Labute approximate surface area is 171 Å². The Bertz CT molecular complexity index is 917. The summed E-state index contributed by atoms with van der Waals surface area (Å²) in [6, 6.07) is 13.1. The fourth-order valence-corrected chi connectivity index (χ4v) is 3.61. The van der Waals surface area contributed by atoms with Crippen LogP contribution in [0.4, 0.5) is 11.4 Å². The summed E-state index contributed by atoms with van der Waals surface area (Å²) < 4.78 is 10.6. The highest BCUT2D eigenvalue weighted by molar-refractivity contribution is 6.03. The van der Waals surface area contributed by atoms with Gasteiger partial charge < -0.3 is 19.7 Å². The number of carbonyl (C=O) groups is 2. The van der Waals surface area contributed by atoms with Gasteiger partial charge in [0.15, 0.2) is 11.5 Å². The van der Waals surface area contributed by atoms with Gasteiger partial charge in [-0.25, -0.2) is 0 Å². The number of rotatable bonds is 5. The van der Waals surface area contributed by atoms with E-state index in [0.29, 0.717) is 23.7 Å². The van der Waals surface area contributed by atoms with Crippen molar-refractivity contribution in [3.8, 4) is 11.5 Å². The average molecular weight is 396 g/mol. The van der Waals surface area contributed by atoms with E-state index in [4.69, 9.17) is 9.47 Å². The van der Waals surface area contributed by atoms with Crippen LogP contribution in [0.5, 0.6) is 11.5 Å². The van der Waals surface area contributed by atoms with E-state index >= 15 is 0 Å². The standard InChI is InChI=1S/C23H28N2O4/c1-23(2,3)17-8-6-7-9-18(17)24-22(27)15-12-21(26)25(14-15)16-10-11-19(28-4)20(13-16)29-5/h6-11,13,15H,12,14H2,1-5H3,(H,24,27)/t15-/m1/s1. The van der Waals surface area contributed by atoms with E-state index in [-0.39, 0.29) is 23.7 Å². The Kier molecular flexibility index (Phi) is 5.82. The largest absolute Gasteiger partial charge is 0.493 e. The quantitative estimate of drug-likeness (QED) is 0.830. The van der Waals surface area contributed by atoms with Gasteiger partial charge in [-0.1, -0.05) is 39.0 Å². The molecule has 0 radical (unpaired) electrons. The number of methoxy groups -OCH3 is 2. The molecule has 29 heavy (non-hydrogen) atoms. The topological polar surface area (TPSA) is 67.9 Å². The van der Waals surface area contributed by atoms with Crippen LogP contribution in [0.3, 0.4) is 0 Å². The highest BCUT2D eigenvalue weighted by atomic mass is 16.5. The van der Waals surface area contributed by atoms with Gasteiger partial charge >= 0.3 is 0 Å². The van der Waals surface area contributed by atoms with Crippen LogP contribution in [0.25, 0.3) is 0 Å². The molecule has 0 aromatic heterocycles. The fraction of sp³-hybridized carbons (Fsp3) is 0.391. The lowest BCUT2D eigenvalue weighted by Gasteiger charge is -2.23. The van der Waals surface area contributed by atoms with Crippen LogP contribution >= 0.6 is 0 Å². The molecule has 2 amide bonds. The smallest absolute Gasteiger partial charge is 0.229 e. The molecule has 154 valence electrons. The molecule has 1 fully saturated rings. The van der Waals surface area contributed by atoms with Crippen LogP contribution < -0.4 is 19.7 Å². The molecule has 3 rings (SSSR count). The maximum absolute atomic E-state index is 12.9. The molecule has 1 aliphatic rings. The number of nitrogens with one attached hydrogen (secondary N) is 1. The van der Waals surface area contributed by atoms with Gasteiger partial charge in [-0.2, -0.15) is 0 Å². The van der Waals surface area contributed by atoms with Crippen molar-refractivity contribution in [3.05, 3.63) is 48.0 Å². The maximum Gasteiger partial charge on any atom is 0.229 e. The van der Waals surface area contributed by atoms with Crippen LogP contribution in [0.15, 0.2) is 42.5 Å². The number of anilines is 2. The third kappa shape index (κ3) is 4.36. The van der Waals surface area contributed by atoms with Gasteiger partial charge in [-0.05, 0) is 29.2 Å². The summed E-state index contributed by atoms with van der Waals surface area (Å²) >= 11 is 0. The lowest BCUT2D eigenvalue weighted by atomic mass is 9.85. The molecule has 1 heterocycles. The van der Waals surface area contributed by atoms with Gasteiger partial charge in [0.05, 0.1) is 20.1 Å². The van der Waals surface area contributed by atoms with E-state index in [0.717, 1.165) is 11.3 Å². The summed E-state index contributed by atoms with van der Waals surface area (Å²) in [6.07, 6.45) is 0.178. The number of carbonyl (C=O) groups excluding carboxylic acids is 2.